The Hall–Kier alpha value is -0.200. The fourth-order valence-electron chi connectivity index (χ4n) is 1.41. The van der Waals surface area contributed by atoms with Gasteiger partial charge >= 0.3 is 0 Å². The van der Waals surface area contributed by atoms with Gasteiger partial charge in [-0.05, 0) is 44.9 Å². The lowest BCUT2D eigenvalue weighted by Gasteiger charge is -2.23. The highest BCUT2D eigenvalue weighted by Gasteiger charge is 2.21. The highest BCUT2D eigenvalue weighted by molar-refractivity contribution is 7.99. The molecule has 0 amide bonds. The molecule has 0 aliphatic heterocycles. The molecule has 0 aromatic rings. The number of nitriles is 1. The molecule has 0 saturated carbocycles. The van der Waals surface area contributed by atoms with Gasteiger partial charge in [0.1, 0.15) is 5.54 Å². The lowest BCUT2D eigenvalue weighted by Crippen LogP contribution is -2.41. The summed E-state index contributed by atoms with van der Waals surface area (Å²) in [5.74, 6) is 1.17. The third-order valence-corrected chi connectivity index (χ3v) is 4.24. The molecule has 94 valence electrons. The first-order valence-electron chi connectivity index (χ1n) is 6.35. The first-order chi connectivity index (χ1) is 7.58. The second kappa shape index (κ2) is 8.90. The van der Waals surface area contributed by atoms with Crippen LogP contribution < -0.4 is 5.32 Å². The van der Waals surface area contributed by atoms with Gasteiger partial charge in [-0.1, -0.05) is 20.8 Å². The average molecular weight is 242 g/mol. The van der Waals surface area contributed by atoms with Gasteiger partial charge in [0.15, 0.2) is 0 Å². The number of thioether (sulfide) groups is 1. The standard InChI is InChI=1S/C13H26N2S/c1-5-9-15-13(4,11-14)8-7-10-16-12(3)6-2/h12,15H,5-10H2,1-4H3. The van der Waals surface area contributed by atoms with E-state index in [0.717, 1.165) is 31.1 Å². The molecule has 0 heterocycles. The van der Waals surface area contributed by atoms with Gasteiger partial charge in [-0.3, -0.25) is 5.32 Å². The summed E-state index contributed by atoms with van der Waals surface area (Å²) >= 11 is 2.01. The van der Waals surface area contributed by atoms with Crippen LogP contribution in [0.25, 0.3) is 0 Å². The van der Waals surface area contributed by atoms with Crippen molar-refractivity contribution in [2.45, 2.75) is 64.2 Å². The van der Waals surface area contributed by atoms with Gasteiger partial charge in [0.2, 0.25) is 0 Å². The second-order valence-corrected chi connectivity index (χ2v) is 6.11. The van der Waals surface area contributed by atoms with Crippen LogP contribution in [0.4, 0.5) is 0 Å². The van der Waals surface area contributed by atoms with Crippen LogP contribution in [-0.4, -0.2) is 23.1 Å². The van der Waals surface area contributed by atoms with E-state index in [1.807, 2.05) is 18.7 Å². The zero-order valence-electron chi connectivity index (χ0n) is 11.2. The van der Waals surface area contributed by atoms with Crippen molar-refractivity contribution >= 4 is 11.8 Å². The Morgan fingerprint density at radius 2 is 2.12 bits per heavy atom. The maximum atomic E-state index is 9.15. The maximum absolute atomic E-state index is 9.15. The van der Waals surface area contributed by atoms with E-state index < -0.39 is 0 Å². The van der Waals surface area contributed by atoms with Crippen molar-refractivity contribution in [3.63, 3.8) is 0 Å². The Bertz CT molecular complexity index is 212. The Labute approximate surface area is 105 Å². The second-order valence-electron chi connectivity index (χ2n) is 4.56. The third-order valence-electron chi connectivity index (χ3n) is 2.81. The smallest absolute Gasteiger partial charge is 0.103 e. The van der Waals surface area contributed by atoms with Crippen molar-refractivity contribution in [2.75, 3.05) is 12.3 Å². The molecule has 2 nitrogen and oxygen atoms in total. The van der Waals surface area contributed by atoms with Crippen LogP contribution in [-0.2, 0) is 0 Å². The van der Waals surface area contributed by atoms with Crippen molar-refractivity contribution in [3.8, 4) is 6.07 Å². The topological polar surface area (TPSA) is 35.8 Å². The molecular formula is C13H26N2S. The van der Waals surface area contributed by atoms with E-state index in [2.05, 4.69) is 32.2 Å². The highest BCUT2D eigenvalue weighted by atomic mass is 32.2. The number of hydrogen-bond donors (Lipinski definition) is 1. The highest BCUT2D eigenvalue weighted by Crippen LogP contribution is 2.18. The Morgan fingerprint density at radius 3 is 2.62 bits per heavy atom. The summed E-state index contributed by atoms with van der Waals surface area (Å²) in [6.45, 7) is 9.56. The molecule has 16 heavy (non-hydrogen) atoms. The van der Waals surface area contributed by atoms with E-state index in [1.54, 1.807) is 0 Å². The van der Waals surface area contributed by atoms with Crippen LogP contribution in [0, 0.1) is 11.3 Å². The van der Waals surface area contributed by atoms with E-state index in [-0.39, 0.29) is 5.54 Å². The zero-order chi connectivity index (χ0) is 12.4. The monoisotopic (exact) mass is 242 g/mol. The number of nitrogens with zero attached hydrogens (tertiary/aromatic N) is 1. The largest absolute Gasteiger partial charge is 0.300 e. The van der Waals surface area contributed by atoms with Crippen molar-refractivity contribution in [2.24, 2.45) is 0 Å². The summed E-state index contributed by atoms with van der Waals surface area (Å²) in [5.41, 5.74) is -0.327. The molecule has 0 radical (unpaired) electrons. The van der Waals surface area contributed by atoms with Crippen LogP contribution in [0.3, 0.4) is 0 Å². The predicted octanol–water partition coefficient (Wildman–Crippen LogP) is 3.58. The van der Waals surface area contributed by atoms with E-state index in [0.29, 0.717) is 0 Å². The predicted molar refractivity (Wildman–Crippen MR) is 73.8 cm³/mol. The molecular weight excluding hydrogens is 216 g/mol. The van der Waals surface area contributed by atoms with E-state index in [1.165, 1.54) is 12.2 Å². The summed E-state index contributed by atoms with van der Waals surface area (Å²) in [7, 11) is 0. The fraction of sp³-hybridized carbons (Fsp3) is 0.923. The molecule has 0 rings (SSSR count). The molecule has 1 N–H and O–H groups in total. The molecule has 3 heteroatoms. The minimum atomic E-state index is -0.327. The van der Waals surface area contributed by atoms with E-state index in [4.69, 9.17) is 5.26 Å². The molecule has 0 aliphatic carbocycles. The summed E-state index contributed by atoms with van der Waals surface area (Å²) < 4.78 is 0. The van der Waals surface area contributed by atoms with Crippen LogP contribution in [0.5, 0.6) is 0 Å². The van der Waals surface area contributed by atoms with Crippen LogP contribution in [0.2, 0.25) is 0 Å². The quantitative estimate of drug-likeness (QED) is 0.628. The molecule has 0 aromatic heterocycles. The SMILES string of the molecule is CCCNC(C)(C#N)CCCSC(C)CC. The summed E-state index contributed by atoms with van der Waals surface area (Å²) in [4.78, 5) is 0. The van der Waals surface area contributed by atoms with Gasteiger partial charge in [-0.25, -0.2) is 0 Å². The van der Waals surface area contributed by atoms with Gasteiger partial charge in [0.05, 0.1) is 6.07 Å². The zero-order valence-corrected chi connectivity index (χ0v) is 12.0. The molecule has 0 spiro atoms. The first kappa shape index (κ1) is 15.8. The van der Waals surface area contributed by atoms with Crippen LogP contribution in [0.15, 0.2) is 0 Å². The normalized spacial score (nSPS) is 16.4. The lowest BCUT2D eigenvalue weighted by molar-refractivity contribution is 0.415. The van der Waals surface area contributed by atoms with Gasteiger partial charge in [-0.15, -0.1) is 0 Å². The van der Waals surface area contributed by atoms with Crippen molar-refractivity contribution < 1.29 is 0 Å². The summed E-state index contributed by atoms with van der Waals surface area (Å²) in [6.07, 6.45) is 4.38. The summed E-state index contributed by atoms with van der Waals surface area (Å²) in [6, 6.07) is 2.39. The van der Waals surface area contributed by atoms with Crippen molar-refractivity contribution in [1.29, 1.82) is 5.26 Å². The number of nitrogens with one attached hydrogen (secondary N) is 1. The average Bonchev–Trinajstić information content (AvgIpc) is 2.31. The molecule has 0 aliphatic rings. The minimum absolute atomic E-state index is 0.327. The molecule has 0 bridgehead atoms. The Morgan fingerprint density at radius 1 is 1.44 bits per heavy atom. The van der Waals surface area contributed by atoms with Gasteiger partial charge in [0, 0.05) is 5.25 Å². The summed E-state index contributed by atoms with van der Waals surface area (Å²) in [5, 5.41) is 13.2. The van der Waals surface area contributed by atoms with E-state index in [9.17, 15) is 0 Å². The Balaban J connectivity index is 3.74. The van der Waals surface area contributed by atoms with Gasteiger partial charge < -0.3 is 0 Å². The molecule has 0 aromatic carbocycles. The van der Waals surface area contributed by atoms with Crippen molar-refractivity contribution in [3.05, 3.63) is 0 Å². The molecule has 2 unspecified atom stereocenters. The molecule has 0 fully saturated rings. The number of hydrogen-bond acceptors (Lipinski definition) is 3. The van der Waals surface area contributed by atoms with Gasteiger partial charge in [-0.2, -0.15) is 17.0 Å². The van der Waals surface area contributed by atoms with Crippen LogP contribution >= 0.6 is 11.8 Å². The van der Waals surface area contributed by atoms with Crippen molar-refractivity contribution in [1.82, 2.24) is 5.32 Å². The fourth-order valence-corrected chi connectivity index (χ4v) is 2.36. The first-order valence-corrected chi connectivity index (χ1v) is 7.40. The Kier molecular flexibility index (Phi) is 8.78. The maximum Gasteiger partial charge on any atom is 0.103 e. The lowest BCUT2D eigenvalue weighted by atomic mass is 9.98. The molecule has 2 atom stereocenters. The van der Waals surface area contributed by atoms with E-state index >= 15 is 0 Å². The number of rotatable bonds is 9. The van der Waals surface area contributed by atoms with Gasteiger partial charge in [0.25, 0.3) is 0 Å². The molecule has 0 saturated heterocycles. The van der Waals surface area contributed by atoms with Crippen LogP contribution in [0.1, 0.15) is 53.4 Å². The third kappa shape index (κ3) is 7.14. The minimum Gasteiger partial charge on any atom is -0.300 e.